The highest BCUT2D eigenvalue weighted by Crippen LogP contribution is 2.25. The maximum Gasteiger partial charge on any atom is 0.315 e. The molecule has 2 amide bonds. The van der Waals surface area contributed by atoms with Crippen LogP contribution in [-0.2, 0) is 4.74 Å². The minimum atomic E-state index is -0.131. The van der Waals surface area contributed by atoms with Crippen LogP contribution in [0.2, 0.25) is 0 Å². The lowest BCUT2D eigenvalue weighted by Gasteiger charge is -2.21. The molecule has 2 aliphatic rings. The highest BCUT2D eigenvalue weighted by molar-refractivity contribution is 7.80. The molecule has 0 aromatic rings. The predicted octanol–water partition coefficient (Wildman–Crippen LogP) is 0.529. The third-order valence-corrected chi connectivity index (χ3v) is 3.77. The lowest BCUT2D eigenvalue weighted by Crippen LogP contribution is -2.49. The maximum absolute atomic E-state index is 11.8. The Morgan fingerprint density at radius 2 is 2.12 bits per heavy atom. The van der Waals surface area contributed by atoms with Crippen molar-refractivity contribution in [1.82, 2.24) is 10.6 Å². The molecule has 2 fully saturated rings. The third kappa shape index (κ3) is 3.29. The average molecular weight is 257 g/mol. The van der Waals surface area contributed by atoms with Gasteiger partial charge >= 0.3 is 6.03 Å². The van der Waals surface area contributed by atoms with E-state index in [0.717, 1.165) is 32.3 Å². The Bertz CT molecular complexity index is 305. The number of nitrogens with one attached hydrogen (secondary N) is 2. The summed E-state index contributed by atoms with van der Waals surface area (Å²) < 4.78 is 5.20. The predicted molar refractivity (Wildman–Crippen MR) is 68.8 cm³/mol. The Labute approximate surface area is 106 Å². The molecule has 3 unspecified atom stereocenters. The number of carbonyl (C=O) groups excluding carboxylic acids is 1. The number of urea groups is 1. The van der Waals surface area contributed by atoms with Crippen molar-refractivity contribution in [1.29, 1.82) is 0 Å². The van der Waals surface area contributed by atoms with Crippen LogP contribution in [0.3, 0.4) is 0 Å². The first-order valence-corrected chi connectivity index (χ1v) is 6.51. The number of hydrogen-bond acceptors (Lipinski definition) is 3. The van der Waals surface area contributed by atoms with Gasteiger partial charge in [0.1, 0.15) is 0 Å². The zero-order valence-electron chi connectivity index (χ0n) is 9.78. The van der Waals surface area contributed by atoms with Crippen molar-refractivity contribution in [3.8, 4) is 0 Å². The molecule has 6 heteroatoms. The number of amides is 2. The summed E-state index contributed by atoms with van der Waals surface area (Å²) >= 11 is 5.01. The van der Waals surface area contributed by atoms with Crippen molar-refractivity contribution in [3.63, 3.8) is 0 Å². The summed E-state index contributed by atoms with van der Waals surface area (Å²) in [7, 11) is 0. The van der Waals surface area contributed by atoms with E-state index in [4.69, 9.17) is 22.7 Å². The van der Waals surface area contributed by atoms with Crippen LogP contribution in [0.15, 0.2) is 0 Å². The SMILES string of the molecule is NC(=S)C1CCCC1NC(=O)NC1CCOC1. The van der Waals surface area contributed by atoms with E-state index in [9.17, 15) is 4.79 Å². The quantitative estimate of drug-likeness (QED) is 0.645. The molecular formula is C11H19N3O2S. The van der Waals surface area contributed by atoms with Crippen LogP contribution in [0.4, 0.5) is 4.79 Å². The molecule has 5 nitrogen and oxygen atoms in total. The zero-order valence-corrected chi connectivity index (χ0v) is 10.6. The smallest absolute Gasteiger partial charge is 0.315 e. The number of ether oxygens (including phenoxy) is 1. The highest BCUT2D eigenvalue weighted by Gasteiger charge is 2.31. The Morgan fingerprint density at radius 1 is 1.29 bits per heavy atom. The normalized spacial score (nSPS) is 32.4. The van der Waals surface area contributed by atoms with Crippen molar-refractivity contribution < 1.29 is 9.53 Å². The lowest BCUT2D eigenvalue weighted by atomic mass is 10.0. The Morgan fingerprint density at radius 3 is 2.76 bits per heavy atom. The second kappa shape index (κ2) is 5.64. The van der Waals surface area contributed by atoms with Crippen LogP contribution in [0.25, 0.3) is 0 Å². The van der Waals surface area contributed by atoms with Crippen LogP contribution in [-0.4, -0.2) is 36.3 Å². The summed E-state index contributed by atoms with van der Waals surface area (Å²) in [5.41, 5.74) is 5.67. The Balaban J connectivity index is 1.79. The van der Waals surface area contributed by atoms with Crippen molar-refractivity contribution in [2.45, 2.75) is 37.8 Å². The van der Waals surface area contributed by atoms with E-state index in [-0.39, 0.29) is 24.0 Å². The van der Waals surface area contributed by atoms with E-state index in [2.05, 4.69) is 10.6 Å². The standard InChI is InChI=1S/C11H19N3O2S/c12-10(17)8-2-1-3-9(8)14-11(15)13-7-4-5-16-6-7/h7-9H,1-6H2,(H2,12,17)(H2,13,14,15). The van der Waals surface area contributed by atoms with E-state index < -0.39 is 0 Å². The van der Waals surface area contributed by atoms with Crippen LogP contribution in [0.5, 0.6) is 0 Å². The van der Waals surface area contributed by atoms with Gasteiger partial charge in [-0.05, 0) is 19.3 Å². The summed E-state index contributed by atoms with van der Waals surface area (Å²) in [5.74, 6) is 0.149. The van der Waals surface area contributed by atoms with E-state index in [0.29, 0.717) is 11.6 Å². The number of thiocarbonyl (C=S) groups is 1. The van der Waals surface area contributed by atoms with Crippen molar-refractivity contribution in [2.75, 3.05) is 13.2 Å². The Hall–Kier alpha value is -0.880. The molecule has 1 aliphatic heterocycles. The van der Waals surface area contributed by atoms with Crippen molar-refractivity contribution >= 4 is 23.2 Å². The molecule has 17 heavy (non-hydrogen) atoms. The van der Waals surface area contributed by atoms with E-state index in [1.807, 2.05) is 0 Å². The van der Waals surface area contributed by atoms with Gasteiger partial charge < -0.3 is 21.1 Å². The fourth-order valence-electron chi connectivity index (χ4n) is 2.52. The van der Waals surface area contributed by atoms with Gasteiger partial charge in [-0.3, -0.25) is 0 Å². The van der Waals surface area contributed by atoms with Gasteiger partial charge in [-0.25, -0.2) is 4.79 Å². The monoisotopic (exact) mass is 257 g/mol. The van der Waals surface area contributed by atoms with Crippen LogP contribution in [0, 0.1) is 5.92 Å². The molecule has 0 aromatic carbocycles. The second-order valence-electron chi connectivity index (χ2n) is 4.72. The summed E-state index contributed by atoms with van der Waals surface area (Å²) in [4.78, 5) is 12.3. The van der Waals surface area contributed by atoms with Gasteiger partial charge in [0.2, 0.25) is 0 Å². The largest absolute Gasteiger partial charge is 0.393 e. The molecule has 1 saturated heterocycles. The van der Waals surface area contributed by atoms with Gasteiger partial charge in [0.25, 0.3) is 0 Å². The molecule has 4 N–H and O–H groups in total. The summed E-state index contributed by atoms with van der Waals surface area (Å²) in [6.07, 6.45) is 3.89. The minimum Gasteiger partial charge on any atom is -0.393 e. The first-order valence-electron chi connectivity index (χ1n) is 6.11. The fraction of sp³-hybridized carbons (Fsp3) is 0.818. The fourth-order valence-corrected chi connectivity index (χ4v) is 2.80. The number of hydrogen-bond donors (Lipinski definition) is 3. The maximum atomic E-state index is 11.8. The van der Waals surface area contributed by atoms with Gasteiger partial charge in [0, 0.05) is 18.6 Å². The molecule has 0 spiro atoms. The van der Waals surface area contributed by atoms with Crippen molar-refractivity contribution in [3.05, 3.63) is 0 Å². The van der Waals surface area contributed by atoms with Crippen molar-refractivity contribution in [2.24, 2.45) is 11.7 Å². The minimum absolute atomic E-state index is 0.0924. The van der Waals surface area contributed by atoms with Crippen LogP contribution in [0.1, 0.15) is 25.7 Å². The summed E-state index contributed by atoms with van der Waals surface area (Å²) in [6.45, 7) is 1.33. The molecule has 2 rings (SSSR count). The molecule has 0 aromatic heterocycles. The Kier molecular flexibility index (Phi) is 4.17. The topological polar surface area (TPSA) is 76.4 Å². The first kappa shape index (κ1) is 12.6. The average Bonchev–Trinajstić information content (AvgIpc) is 2.88. The number of rotatable bonds is 3. The van der Waals surface area contributed by atoms with Gasteiger partial charge in [0.15, 0.2) is 0 Å². The lowest BCUT2D eigenvalue weighted by molar-refractivity contribution is 0.188. The first-order chi connectivity index (χ1) is 8.16. The molecule has 0 radical (unpaired) electrons. The number of nitrogens with two attached hydrogens (primary N) is 1. The van der Waals surface area contributed by atoms with Gasteiger partial charge in [0.05, 0.1) is 17.6 Å². The van der Waals surface area contributed by atoms with Crippen LogP contribution >= 0.6 is 12.2 Å². The molecular weight excluding hydrogens is 238 g/mol. The third-order valence-electron chi connectivity index (χ3n) is 3.46. The van der Waals surface area contributed by atoms with E-state index in [1.54, 1.807) is 0 Å². The summed E-state index contributed by atoms with van der Waals surface area (Å²) in [6, 6.07) is 0.100. The molecule has 96 valence electrons. The molecule has 1 aliphatic carbocycles. The zero-order chi connectivity index (χ0) is 12.3. The van der Waals surface area contributed by atoms with E-state index >= 15 is 0 Å². The number of carbonyl (C=O) groups is 1. The second-order valence-corrected chi connectivity index (χ2v) is 5.20. The van der Waals surface area contributed by atoms with Gasteiger partial charge in [-0.1, -0.05) is 18.6 Å². The van der Waals surface area contributed by atoms with Gasteiger partial charge in [-0.2, -0.15) is 0 Å². The van der Waals surface area contributed by atoms with E-state index in [1.165, 1.54) is 0 Å². The van der Waals surface area contributed by atoms with Gasteiger partial charge in [-0.15, -0.1) is 0 Å². The molecule has 1 saturated carbocycles. The summed E-state index contributed by atoms with van der Waals surface area (Å²) in [5, 5.41) is 5.87. The molecule has 3 atom stereocenters. The molecule has 0 bridgehead atoms. The molecule has 1 heterocycles. The highest BCUT2D eigenvalue weighted by atomic mass is 32.1. The van der Waals surface area contributed by atoms with Crippen LogP contribution < -0.4 is 16.4 Å².